The average Bonchev–Trinajstić information content (AvgIpc) is 2.66. The van der Waals surface area contributed by atoms with Crippen molar-refractivity contribution in [1.82, 2.24) is 15.3 Å². The third kappa shape index (κ3) is 5.41. The monoisotopic (exact) mass is 394 g/mol. The molecule has 1 aromatic heterocycles. The summed E-state index contributed by atoms with van der Waals surface area (Å²) in [5, 5.41) is 2.72. The average molecular weight is 394 g/mol. The minimum atomic E-state index is -4.39. The first kappa shape index (κ1) is 20.1. The van der Waals surface area contributed by atoms with Crippen molar-refractivity contribution >= 4 is 11.7 Å². The molecule has 1 fully saturated rings. The molecular weight excluding hydrogens is 373 g/mol. The van der Waals surface area contributed by atoms with Crippen LogP contribution in [0.2, 0.25) is 0 Å². The second-order valence-electron chi connectivity index (χ2n) is 6.53. The zero-order valence-corrected chi connectivity index (χ0v) is 15.4. The molecule has 3 rings (SSSR count). The zero-order chi connectivity index (χ0) is 20.1. The van der Waals surface area contributed by atoms with Crippen LogP contribution in [0, 0.1) is 6.92 Å². The van der Waals surface area contributed by atoms with Crippen LogP contribution in [0.25, 0.3) is 0 Å². The molecule has 2 aromatic rings. The van der Waals surface area contributed by atoms with E-state index in [0.717, 1.165) is 36.7 Å². The summed E-state index contributed by atoms with van der Waals surface area (Å²) in [4.78, 5) is 23.1. The number of alkyl halides is 3. The highest BCUT2D eigenvalue weighted by Gasteiger charge is 2.29. The Kier molecular flexibility index (Phi) is 6.13. The van der Waals surface area contributed by atoms with Crippen molar-refractivity contribution < 1.29 is 22.7 Å². The summed E-state index contributed by atoms with van der Waals surface area (Å²) in [7, 11) is 0. The largest absolute Gasteiger partial charge is 0.416 e. The lowest BCUT2D eigenvalue weighted by atomic mass is 10.1. The second-order valence-corrected chi connectivity index (χ2v) is 6.53. The molecule has 0 unspecified atom stereocenters. The van der Waals surface area contributed by atoms with E-state index in [0.29, 0.717) is 24.6 Å². The van der Waals surface area contributed by atoms with Crippen molar-refractivity contribution in [1.29, 1.82) is 0 Å². The van der Waals surface area contributed by atoms with Crippen LogP contribution in [0.15, 0.2) is 30.3 Å². The topological polar surface area (TPSA) is 67.3 Å². The number of amides is 1. The molecule has 1 aliphatic heterocycles. The fourth-order valence-corrected chi connectivity index (χ4v) is 2.88. The number of rotatable bonds is 5. The van der Waals surface area contributed by atoms with Gasteiger partial charge in [0.2, 0.25) is 5.91 Å². The highest BCUT2D eigenvalue weighted by Crippen LogP contribution is 2.29. The number of ether oxygens (including phenoxy) is 1. The maximum Gasteiger partial charge on any atom is 0.416 e. The van der Waals surface area contributed by atoms with Crippen LogP contribution >= 0.6 is 0 Å². The van der Waals surface area contributed by atoms with Crippen molar-refractivity contribution in [2.45, 2.75) is 26.1 Å². The van der Waals surface area contributed by atoms with Gasteiger partial charge in [-0.05, 0) is 24.6 Å². The van der Waals surface area contributed by atoms with E-state index >= 15 is 0 Å². The lowest BCUT2D eigenvalue weighted by molar-refractivity contribution is -0.137. The SMILES string of the molecule is Cc1cc(N2CCOCC2)nc(CNC(=O)Cc2ccc(C(F)(F)F)cc2)n1. The molecule has 0 aliphatic carbocycles. The van der Waals surface area contributed by atoms with Crippen molar-refractivity contribution in [3.05, 3.63) is 53.0 Å². The van der Waals surface area contributed by atoms with E-state index in [1.54, 1.807) is 0 Å². The molecule has 2 heterocycles. The van der Waals surface area contributed by atoms with Crippen molar-refractivity contribution in [2.75, 3.05) is 31.2 Å². The fraction of sp³-hybridized carbons (Fsp3) is 0.421. The number of benzene rings is 1. The summed E-state index contributed by atoms with van der Waals surface area (Å²) in [6.07, 6.45) is -4.40. The van der Waals surface area contributed by atoms with E-state index < -0.39 is 11.7 Å². The second kappa shape index (κ2) is 8.55. The van der Waals surface area contributed by atoms with Crippen LogP contribution in [-0.2, 0) is 28.7 Å². The predicted octanol–water partition coefficient (Wildman–Crippen LogP) is 2.50. The quantitative estimate of drug-likeness (QED) is 0.844. The minimum absolute atomic E-state index is 0.0136. The van der Waals surface area contributed by atoms with Crippen LogP contribution in [0.4, 0.5) is 19.0 Å². The standard InChI is InChI=1S/C19H21F3N4O2/c1-13-10-17(26-6-8-28-9-7-26)25-16(24-13)12-23-18(27)11-14-2-4-15(5-3-14)19(20,21)22/h2-5,10H,6-9,11-12H2,1H3,(H,23,27). The molecule has 0 spiro atoms. The van der Waals surface area contributed by atoms with Gasteiger partial charge in [0, 0.05) is 24.8 Å². The Bertz CT molecular complexity index is 819. The summed E-state index contributed by atoms with van der Waals surface area (Å²) in [6, 6.07) is 6.45. The van der Waals surface area contributed by atoms with E-state index in [1.807, 2.05) is 13.0 Å². The molecule has 0 bridgehead atoms. The first-order valence-corrected chi connectivity index (χ1v) is 8.91. The molecule has 1 aliphatic rings. The number of carbonyl (C=O) groups is 1. The van der Waals surface area contributed by atoms with Crippen LogP contribution < -0.4 is 10.2 Å². The maximum atomic E-state index is 12.6. The van der Waals surface area contributed by atoms with Gasteiger partial charge < -0.3 is 15.0 Å². The maximum absolute atomic E-state index is 12.6. The molecule has 150 valence electrons. The van der Waals surface area contributed by atoms with Gasteiger partial charge in [-0.1, -0.05) is 12.1 Å². The molecule has 1 N–H and O–H groups in total. The first-order chi connectivity index (χ1) is 13.3. The number of hydrogen-bond acceptors (Lipinski definition) is 5. The Hall–Kier alpha value is -2.68. The zero-order valence-electron chi connectivity index (χ0n) is 15.4. The number of hydrogen-bond donors (Lipinski definition) is 1. The molecule has 1 amide bonds. The predicted molar refractivity (Wildman–Crippen MR) is 96.8 cm³/mol. The normalized spacial score (nSPS) is 14.8. The van der Waals surface area contributed by atoms with Crippen LogP contribution in [0.1, 0.15) is 22.6 Å². The summed E-state index contributed by atoms with van der Waals surface area (Å²) in [5.41, 5.74) is 0.564. The Morgan fingerprint density at radius 3 is 2.50 bits per heavy atom. The smallest absolute Gasteiger partial charge is 0.378 e. The highest BCUT2D eigenvalue weighted by atomic mass is 19.4. The summed E-state index contributed by atoms with van der Waals surface area (Å²) >= 11 is 0. The van der Waals surface area contributed by atoms with Crippen molar-refractivity contribution in [2.24, 2.45) is 0 Å². The molecule has 1 saturated heterocycles. The van der Waals surface area contributed by atoms with Crippen molar-refractivity contribution in [3.63, 3.8) is 0 Å². The van der Waals surface area contributed by atoms with Gasteiger partial charge in [0.1, 0.15) is 11.6 Å². The molecule has 1 aromatic carbocycles. The number of morpholine rings is 1. The number of aromatic nitrogens is 2. The van der Waals surface area contributed by atoms with E-state index in [4.69, 9.17) is 4.74 Å². The number of anilines is 1. The number of carbonyl (C=O) groups excluding carboxylic acids is 1. The molecule has 9 heteroatoms. The van der Waals surface area contributed by atoms with E-state index in [2.05, 4.69) is 20.2 Å². The van der Waals surface area contributed by atoms with Crippen molar-refractivity contribution in [3.8, 4) is 0 Å². The van der Waals surface area contributed by atoms with Crippen LogP contribution in [0.3, 0.4) is 0 Å². The van der Waals surface area contributed by atoms with Gasteiger partial charge >= 0.3 is 6.18 Å². The lowest BCUT2D eigenvalue weighted by Gasteiger charge is -2.28. The van der Waals surface area contributed by atoms with E-state index in [9.17, 15) is 18.0 Å². The minimum Gasteiger partial charge on any atom is -0.378 e. The van der Waals surface area contributed by atoms with E-state index in [1.165, 1.54) is 12.1 Å². The Morgan fingerprint density at radius 2 is 1.86 bits per heavy atom. The molecule has 0 atom stereocenters. The number of halogens is 3. The van der Waals surface area contributed by atoms with Gasteiger partial charge in [-0.25, -0.2) is 9.97 Å². The molecular formula is C19H21F3N4O2. The third-order valence-corrected chi connectivity index (χ3v) is 4.31. The Morgan fingerprint density at radius 1 is 1.18 bits per heavy atom. The summed E-state index contributed by atoms with van der Waals surface area (Å²) in [5.74, 6) is 0.975. The molecule has 6 nitrogen and oxygen atoms in total. The first-order valence-electron chi connectivity index (χ1n) is 8.91. The molecule has 0 saturated carbocycles. The van der Waals surface area contributed by atoms with E-state index in [-0.39, 0.29) is 18.9 Å². The van der Waals surface area contributed by atoms with Gasteiger partial charge in [0.05, 0.1) is 31.7 Å². The van der Waals surface area contributed by atoms with Gasteiger partial charge in [-0.15, -0.1) is 0 Å². The fourth-order valence-electron chi connectivity index (χ4n) is 2.88. The number of nitrogens with one attached hydrogen (secondary N) is 1. The summed E-state index contributed by atoms with van der Waals surface area (Å²) < 4.78 is 43.1. The lowest BCUT2D eigenvalue weighted by Crippen LogP contribution is -2.37. The van der Waals surface area contributed by atoms with Gasteiger partial charge in [-0.3, -0.25) is 4.79 Å². The number of nitrogens with zero attached hydrogens (tertiary/aromatic N) is 3. The Balaban J connectivity index is 1.57. The highest BCUT2D eigenvalue weighted by molar-refractivity contribution is 5.78. The van der Waals surface area contributed by atoms with Crippen LogP contribution in [0.5, 0.6) is 0 Å². The molecule has 28 heavy (non-hydrogen) atoms. The van der Waals surface area contributed by atoms with Gasteiger partial charge in [0.15, 0.2) is 0 Å². The summed E-state index contributed by atoms with van der Waals surface area (Å²) in [6.45, 7) is 4.79. The Labute approximate surface area is 160 Å². The van der Waals surface area contributed by atoms with Gasteiger partial charge in [-0.2, -0.15) is 13.2 Å². The third-order valence-electron chi connectivity index (χ3n) is 4.31. The number of aryl methyl sites for hydroxylation is 1. The van der Waals surface area contributed by atoms with Gasteiger partial charge in [0.25, 0.3) is 0 Å². The molecule has 0 radical (unpaired) electrons. The van der Waals surface area contributed by atoms with Crippen LogP contribution in [-0.4, -0.2) is 42.2 Å².